The van der Waals surface area contributed by atoms with Crippen LogP contribution in [0.2, 0.25) is 0 Å². The SMILES string of the molecule is C[C@H]1C(=O)Nc2ccc(S(=O)(=O)N[C@H]3CCCc4ccccc43)cc21. The Morgan fingerprint density at radius 2 is 1.92 bits per heavy atom. The largest absolute Gasteiger partial charge is 0.325 e. The summed E-state index contributed by atoms with van der Waals surface area (Å²) >= 11 is 0. The number of benzene rings is 2. The zero-order valence-electron chi connectivity index (χ0n) is 14.0. The summed E-state index contributed by atoms with van der Waals surface area (Å²) in [6.45, 7) is 1.78. The number of amides is 1. The Morgan fingerprint density at radius 3 is 2.76 bits per heavy atom. The van der Waals surface area contributed by atoms with Crippen molar-refractivity contribution < 1.29 is 13.2 Å². The summed E-state index contributed by atoms with van der Waals surface area (Å²) in [7, 11) is -3.65. The van der Waals surface area contributed by atoms with Crippen LogP contribution in [-0.4, -0.2) is 14.3 Å². The van der Waals surface area contributed by atoms with Crippen LogP contribution in [0, 0.1) is 0 Å². The molecule has 0 spiro atoms. The molecule has 0 saturated heterocycles. The Balaban J connectivity index is 1.65. The second-order valence-electron chi connectivity index (χ2n) is 6.72. The van der Waals surface area contributed by atoms with E-state index in [2.05, 4.69) is 16.1 Å². The molecule has 6 heteroatoms. The lowest BCUT2D eigenvalue weighted by Gasteiger charge is -2.26. The van der Waals surface area contributed by atoms with Crippen molar-refractivity contribution in [1.82, 2.24) is 4.72 Å². The number of anilines is 1. The van der Waals surface area contributed by atoms with E-state index in [-0.39, 0.29) is 22.8 Å². The number of carbonyl (C=O) groups is 1. The second kappa shape index (κ2) is 5.97. The Morgan fingerprint density at radius 1 is 1.12 bits per heavy atom. The first-order valence-corrected chi connectivity index (χ1v) is 9.99. The van der Waals surface area contributed by atoms with Crippen LogP contribution in [0.1, 0.15) is 48.4 Å². The molecule has 5 nitrogen and oxygen atoms in total. The molecule has 0 aromatic heterocycles. The molecule has 1 amide bonds. The lowest BCUT2D eigenvalue weighted by atomic mass is 9.88. The van der Waals surface area contributed by atoms with Crippen LogP contribution in [0.5, 0.6) is 0 Å². The molecule has 2 aromatic rings. The fourth-order valence-corrected chi connectivity index (χ4v) is 4.98. The maximum atomic E-state index is 12.9. The van der Waals surface area contributed by atoms with E-state index in [0.717, 1.165) is 30.4 Å². The Kier molecular flexibility index (Phi) is 3.89. The average Bonchev–Trinajstić information content (AvgIpc) is 2.89. The third kappa shape index (κ3) is 2.85. The van der Waals surface area contributed by atoms with Gasteiger partial charge in [-0.15, -0.1) is 0 Å². The summed E-state index contributed by atoms with van der Waals surface area (Å²) in [5, 5.41) is 2.77. The molecule has 1 aliphatic carbocycles. The van der Waals surface area contributed by atoms with Crippen LogP contribution in [0.25, 0.3) is 0 Å². The summed E-state index contributed by atoms with van der Waals surface area (Å²) < 4.78 is 28.6. The van der Waals surface area contributed by atoms with Crippen molar-refractivity contribution in [3.05, 3.63) is 59.2 Å². The number of aryl methyl sites for hydroxylation is 1. The molecular formula is C19H20N2O3S. The van der Waals surface area contributed by atoms with Gasteiger partial charge in [0.15, 0.2) is 0 Å². The van der Waals surface area contributed by atoms with Crippen LogP contribution in [0.15, 0.2) is 47.4 Å². The highest BCUT2D eigenvalue weighted by Crippen LogP contribution is 2.35. The van der Waals surface area contributed by atoms with Crippen LogP contribution < -0.4 is 10.0 Å². The summed E-state index contributed by atoms with van der Waals surface area (Å²) in [4.78, 5) is 12.0. The fourth-order valence-electron chi connectivity index (χ4n) is 3.69. The van der Waals surface area contributed by atoms with E-state index < -0.39 is 10.0 Å². The number of rotatable bonds is 3. The summed E-state index contributed by atoms with van der Waals surface area (Å²) in [6, 6.07) is 12.6. The van der Waals surface area contributed by atoms with Gasteiger partial charge in [0, 0.05) is 11.7 Å². The molecule has 1 heterocycles. The van der Waals surface area contributed by atoms with E-state index in [1.807, 2.05) is 18.2 Å². The molecule has 0 radical (unpaired) electrons. The third-order valence-corrected chi connectivity index (χ3v) is 6.59. The molecule has 1 aliphatic heterocycles. The normalized spacial score (nSPS) is 22.2. The van der Waals surface area contributed by atoms with Gasteiger partial charge in [0.2, 0.25) is 15.9 Å². The molecule has 0 bridgehead atoms. The van der Waals surface area contributed by atoms with Crippen molar-refractivity contribution in [2.75, 3.05) is 5.32 Å². The van der Waals surface area contributed by atoms with Crippen molar-refractivity contribution in [3.8, 4) is 0 Å². The molecule has 2 aliphatic rings. The molecule has 0 unspecified atom stereocenters. The standard InChI is InChI=1S/C19H20N2O3S/c1-12-16-11-14(9-10-17(16)20-19(12)22)25(23,24)21-18-8-4-6-13-5-2-3-7-15(13)18/h2-3,5,7,9-12,18,21H,4,6,8H2,1H3,(H,20,22)/t12-,18+/m1/s1. The Bertz CT molecular complexity index is 953. The lowest BCUT2D eigenvalue weighted by molar-refractivity contribution is -0.116. The van der Waals surface area contributed by atoms with Gasteiger partial charge in [-0.2, -0.15) is 0 Å². The minimum Gasteiger partial charge on any atom is -0.325 e. The summed E-state index contributed by atoms with van der Waals surface area (Å²) in [5.74, 6) is -0.431. The van der Waals surface area contributed by atoms with Gasteiger partial charge in [-0.25, -0.2) is 13.1 Å². The average molecular weight is 356 g/mol. The fraction of sp³-hybridized carbons (Fsp3) is 0.316. The molecule has 130 valence electrons. The summed E-state index contributed by atoms with van der Waals surface area (Å²) in [5.41, 5.74) is 3.69. The monoisotopic (exact) mass is 356 g/mol. The third-order valence-electron chi connectivity index (χ3n) is 5.12. The molecule has 2 aromatic carbocycles. The minimum absolute atomic E-state index is 0.0984. The number of hydrogen-bond acceptors (Lipinski definition) is 3. The molecule has 2 N–H and O–H groups in total. The van der Waals surface area contributed by atoms with Gasteiger partial charge in [-0.3, -0.25) is 4.79 Å². The maximum Gasteiger partial charge on any atom is 0.241 e. The zero-order chi connectivity index (χ0) is 17.6. The molecule has 2 atom stereocenters. The number of nitrogens with one attached hydrogen (secondary N) is 2. The number of carbonyl (C=O) groups excluding carboxylic acids is 1. The van der Waals surface area contributed by atoms with Crippen LogP contribution in [0.3, 0.4) is 0 Å². The van der Waals surface area contributed by atoms with E-state index in [1.54, 1.807) is 25.1 Å². The highest BCUT2D eigenvalue weighted by molar-refractivity contribution is 7.89. The van der Waals surface area contributed by atoms with E-state index in [1.165, 1.54) is 5.56 Å². The van der Waals surface area contributed by atoms with E-state index in [9.17, 15) is 13.2 Å². The van der Waals surface area contributed by atoms with Crippen molar-refractivity contribution in [2.24, 2.45) is 0 Å². The van der Waals surface area contributed by atoms with Crippen LogP contribution >= 0.6 is 0 Å². The molecular weight excluding hydrogens is 336 g/mol. The summed E-state index contributed by atoms with van der Waals surface area (Å²) in [6.07, 6.45) is 2.74. The lowest BCUT2D eigenvalue weighted by Crippen LogP contribution is -2.31. The zero-order valence-corrected chi connectivity index (χ0v) is 14.8. The number of hydrogen-bond donors (Lipinski definition) is 2. The van der Waals surface area contributed by atoms with Crippen LogP contribution in [-0.2, 0) is 21.2 Å². The van der Waals surface area contributed by atoms with Crippen LogP contribution in [0.4, 0.5) is 5.69 Å². The van der Waals surface area contributed by atoms with Crippen molar-refractivity contribution in [3.63, 3.8) is 0 Å². The van der Waals surface area contributed by atoms with Gasteiger partial charge < -0.3 is 5.32 Å². The van der Waals surface area contributed by atoms with E-state index >= 15 is 0 Å². The molecule has 0 saturated carbocycles. The first-order chi connectivity index (χ1) is 12.0. The van der Waals surface area contributed by atoms with Crippen molar-refractivity contribution in [1.29, 1.82) is 0 Å². The van der Waals surface area contributed by atoms with Gasteiger partial charge in [-0.1, -0.05) is 24.3 Å². The smallest absolute Gasteiger partial charge is 0.241 e. The predicted octanol–water partition coefficient (Wildman–Crippen LogP) is 3.10. The Labute approximate surface area is 147 Å². The van der Waals surface area contributed by atoms with Gasteiger partial charge >= 0.3 is 0 Å². The second-order valence-corrected chi connectivity index (χ2v) is 8.44. The molecule has 4 rings (SSSR count). The quantitative estimate of drug-likeness (QED) is 0.887. The van der Waals surface area contributed by atoms with Gasteiger partial charge in [0.25, 0.3) is 0 Å². The molecule has 0 fully saturated rings. The first kappa shape index (κ1) is 16.3. The molecule has 25 heavy (non-hydrogen) atoms. The number of sulfonamides is 1. The van der Waals surface area contributed by atoms with E-state index in [0.29, 0.717) is 5.69 Å². The van der Waals surface area contributed by atoms with Gasteiger partial charge in [-0.05, 0) is 61.1 Å². The van der Waals surface area contributed by atoms with Gasteiger partial charge in [0.05, 0.1) is 10.8 Å². The Hall–Kier alpha value is -2.18. The van der Waals surface area contributed by atoms with E-state index in [4.69, 9.17) is 0 Å². The first-order valence-electron chi connectivity index (χ1n) is 8.50. The highest BCUT2D eigenvalue weighted by atomic mass is 32.2. The maximum absolute atomic E-state index is 12.9. The van der Waals surface area contributed by atoms with Gasteiger partial charge in [0.1, 0.15) is 0 Å². The topological polar surface area (TPSA) is 75.3 Å². The predicted molar refractivity (Wildman–Crippen MR) is 95.9 cm³/mol. The highest BCUT2D eigenvalue weighted by Gasteiger charge is 2.30. The number of fused-ring (bicyclic) bond motifs is 2. The van der Waals surface area contributed by atoms with Crippen molar-refractivity contribution >= 4 is 21.6 Å². The minimum atomic E-state index is -3.65. The van der Waals surface area contributed by atoms with Crippen molar-refractivity contribution in [2.45, 2.75) is 43.0 Å².